The fourth-order valence-corrected chi connectivity index (χ4v) is 2.16. The van der Waals surface area contributed by atoms with Gasteiger partial charge in [0.1, 0.15) is 0 Å². The van der Waals surface area contributed by atoms with Crippen LogP contribution in [0.1, 0.15) is 12.8 Å². The molecule has 1 aliphatic heterocycles. The summed E-state index contributed by atoms with van der Waals surface area (Å²) in [6, 6.07) is 0. The number of carbonyl (C=O) groups excluding carboxylic acids is 1. The van der Waals surface area contributed by atoms with E-state index in [9.17, 15) is 4.79 Å². The summed E-state index contributed by atoms with van der Waals surface area (Å²) >= 11 is 5.92. The van der Waals surface area contributed by atoms with Gasteiger partial charge in [-0.05, 0) is 12.8 Å². The number of rotatable bonds is 3. The van der Waals surface area contributed by atoms with E-state index >= 15 is 0 Å². The molecule has 1 aromatic heterocycles. The molecule has 0 bridgehead atoms. The highest BCUT2D eigenvalue weighted by Gasteiger charge is 2.20. The fraction of sp³-hybridized carbons (Fsp3) is 0.545. The van der Waals surface area contributed by atoms with Crippen molar-refractivity contribution in [2.24, 2.45) is 0 Å². The molecule has 1 saturated heterocycles. The number of halogens is 1. The summed E-state index contributed by atoms with van der Waals surface area (Å²) in [5.74, 6) is 0.661. The molecule has 0 N–H and O–H groups in total. The van der Waals surface area contributed by atoms with Gasteiger partial charge >= 0.3 is 0 Å². The van der Waals surface area contributed by atoms with Crippen molar-refractivity contribution in [2.45, 2.75) is 12.8 Å². The Labute approximate surface area is 105 Å². The van der Waals surface area contributed by atoms with E-state index in [1.807, 2.05) is 4.90 Å². The van der Waals surface area contributed by atoms with Gasteiger partial charge in [-0.3, -0.25) is 4.79 Å². The second-order valence-electron chi connectivity index (χ2n) is 4.11. The van der Waals surface area contributed by atoms with Gasteiger partial charge in [-0.1, -0.05) is 11.6 Å². The van der Waals surface area contributed by atoms with Gasteiger partial charge in [-0.2, -0.15) is 0 Å². The van der Waals surface area contributed by atoms with Gasteiger partial charge in [0, 0.05) is 32.5 Å². The largest absolute Gasteiger partial charge is 0.348 e. The SMILES string of the molecule is CN(CC(=O)N1CCCC1)c1nccnc1Cl. The molecule has 1 fully saturated rings. The Morgan fingerprint density at radius 1 is 1.41 bits per heavy atom. The minimum atomic E-state index is 0.117. The number of likely N-dealkylation sites (N-methyl/N-ethyl adjacent to an activating group) is 1. The van der Waals surface area contributed by atoms with E-state index in [-0.39, 0.29) is 5.91 Å². The van der Waals surface area contributed by atoms with Crippen molar-refractivity contribution in [2.75, 3.05) is 31.6 Å². The normalized spacial score (nSPS) is 15.1. The average Bonchev–Trinajstić information content (AvgIpc) is 2.82. The molecule has 0 saturated carbocycles. The maximum Gasteiger partial charge on any atom is 0.242 e. The molecular weight excluding hydrogens is 240 g/mol. The van der Waals surface area contributed by atoms with Crippen LogP contribution in [0.4, 0.5) is 5.82 Å². The third kappa shape index (κ3) is 2.85. The quantitative estimate of drug-likeness (QED) is 0.813. The fourth-order valence-electron chi connectivity index (χ4n) is 1.91. The Morgan fingerprint density at radius 3 is 2.71 bits per heavy atom. The number of hydrogen-bond acceptors (Lipinski definition) is 4. The number of likely N-dealkylation sites (tertiary alicyclic amines) is 1. The molecule has 0 atom stereocenters. The van der Waals surface area contributed by atoms with Gasteiger partial charge in [-0.25, -0.2) is 9.97 Å². The molecule has 0 spiro atoms. The Morgan fingerprint density at radius 2 is 2.06 bits per heavy atom. The highest BCUT2D eigenvalue weighted by Crippen LogP contribution is 2.18. The Kier molecular flexibility index (Phi) is 3.78. The maximum atomic E-state index is 11.9. The molecule has 92 valence electrons. The van der Waals surface area contributed by atoms with E-state index < -0.39 is 0 Å². The van der Waals surface area contributed by atoms with Crippen molar-refractivity contribution >= 4 is 23.3 Å². The third-order valence-corrected chi connectivity index (χ3v) is 3.10. The topological polar surface area (TPSA) is 49.3 Å². The zero-order valence-corrected chi connectivity index (χ0v) is 10.5. The van der Waals surface area contributed by atoms with Gasteiger partial charge in [0.15, 0.2) is 11.0 Å². The van der Waals surface area contributed by atoms with Crippen molar-refractivity contribution in [3.8, 4) is 0 Å². The third-order valence-electron chi connectivity index (χ3n) is 2.83. The predicted octanol–water partition coefficient (Wildman–Crippen LogP) is 1.19. The molecule has 0 unspecified atom stereocenters. The lowest BCUT2D eigenvalue weighted by Crippen LogP contribution is -2.37. The van der Waals surface area contributed by atoms with Gasteiger partial charge in [0.25, 0.3) is 0 Å². The second-order valence-corrected chi connectivity index (χ2v) is 4.47. The van der Waals surface area contributed by atoms with Crippen LogP contribution >= 0.6 is 11.6 Å². The van der Waals surface area contributed by atoms with Crippen LogP contribution in [0.25, 0.3) is 0 Å². The lowest BCUT2D eigenvalue weighted by molar-refractivity contribution is -0.128. The number of anilines is 1. The number of aromatic nitrogens is 2. The minimum absolute atomic E-state index is 0.117. The van der Waals surface area contributed by atoms with Crippen LogP contribution in [-0.4, -0.2) is 47.5 Å². The van der Waals surface area contributed by atoms with Crippen LogP contribution in [0, 0.1) is 0 Å². The van der Waals surface area contributed by atoms with Crippen molar-refractivity contribution in [3.05, 3.63) is 17.5 Å². The van der Waals surface area contributed by atoms with Gasteiger partial charge in [-0.15, -0.1) is 0 Å². The van der Waals surface area contributed by atoms with Crippen molar-refractivity contribution in [1.82, 2.24) is 14.9 Å². The zero-order chi connectivity index (χ0) is 12.3. The number of amides is 1. The van der Waals surface area contributed by atoms with E-state index in [1.54, 1.807) is 18.1 Å². The summed E-state index contributed by atoms with van der Waals surface area (Å²) in [4.78, 5) is 23.6. The molecule has 17 heavy (non-hydrogen) atoms. The summed E-state index contributed by atoms with van der Waals surface area (Å²) < 4.78 is 0. The van der Waals surface area contributed by atoms with Gasteiger partial charge < -0.3 is 9.80 Å². The molecule has 2 rings (SSSR count). The maximum absolute atomic E-state index is 11.9. The number of nitrogens with zero attached hydrogens (tertiary/aromatic N) is 4. The van der Waals surface area contributed by atoms with Crippen LogP contribution in [0.5, 0.6) is 0 Å². The summed E-state index contributed by atoms with van der Waals surface area (Å²) in [5.41, 5.74) is 0. The highest BCUT2D eigenvalue weighted by molar-refractivity contribution is 6.31. The summed E-state index contributed by atoms with van der Waals surface area (Å²) in [5, 5.41) is 0.323. The summed E-state index contributed by atoms with van der Waals surface area (Å²) in [7, 11) is 1.80. The van der Waals surface area contributed by atoms with Crippen LogP contribution < -0.4 is 4.90 Å². The lowest BCUT2D eigenvalue weighted by Gasteiger charge is -2.22. The minimum Gasteiger partial charge on any atom is -0.348 e. The Hall–Kier alpha value is -1.36. The van der Waals surface area contributed by atoms with Crippen LogP contribution in [-0.2, 0) is 4.79 Å². The van der Waals surface area contributed by atoms with E-state index in [4.69, 9.17) is 11.6 Å². The molecule has 1 amide bonds. The standard InChI is InChI=1S/C11H15ClN4O/c1-15(11-10(12)13-4-5-14-11)8-9(17)16-6-2-3-7-16/h4-5H,2-3,6-8H2,1H3. The van der Waals surface area contributed by atoms with Gasteiger partial charge in [0.05, 0.1) is 6.54 Å². The molecule has 1 aliphatic rings. The van der Waals surface area contributed by atoms with E-state index in [2.05, 4.69) is 9.97 Å². The molecule has 1 aromatic rings. The van der Waals surface area contributed by atoms with Crippen molar-refractivity contribution in [3.63, 3.8) is 0 Å². The molecule has 0 aromatic carbocycles. The van der Waals surface area contributed by atoms with E-state index in [1.165, 1.54) is 6.20 Å². The first-order chi connectivity index (χ1) is 8.18. The van der Waals surface area contributed by atoms with Crippen molar-refractivity contribution in [1.29, 1.82) is 0 Å². The number of hydrogen-bond donors (Lipinski definition) is 0. The van der Waals surface area contributed by atoms with Crippen LogP contribution in [0.3, 0.4) is 0 Å². The predicted molar refractivity (Wildman–Crippen MR) is 66.1 cm³/mol. The molecule has 5 nitrogen and oxygen atoms in total. The van der Waals surface area contributed by atoms with Crippen LogP contribution in [0.15, 0.2) is 12.4 Å². The highest BCUT2D eigenvalue weighted by atomic mass is 35.5. The van der Waals surface area contributed by atoms with E-state index in [0.29, 0.717) is 17.5 Å². The monoisotopic (exact) mass is 254 g/mol. The van der Waals surface area contributed by atoms with E-state index in [0.717, 1.165) is 25.9 Å². The summed E-state index contributed by atoms with van der Waals surface area (Å²) in [6.45, 7) is 2.01. The second kappa shape index (κ2) is 5.31. The first-order valence-corrected chi connectivity index (χ1v) is 6.01. The first kappa shape index (κ1) is 12.1. The van der Waals surface area contributed by atoms with Gasteiger partial charge in [0.2, 0.25) is 5.91 Å². The zero-order valence-electron chi connectivity index (χ0n) is 9.77. The smallest absolute Gasteiger partial charge is 0.242 e. The van der Waals surface area contributed by atoms with Crippen LogP contribution in [0.2, 0.25) is 5.15 Å². The number of carbonyl (C=O) groups is 1. The Bertz CT molecular complexity index is 406. The molecule has 2 heterocycles. The lowest BCUT2D eigenvalue weighted by atomic mass is 10.4. The van der Waals surface area contributed by atoms with Crippen molar-refractivity contribution < 1.29 is 4.79 Å². The average molecular weight is 255 g/mol. The summed E-state index contributed by atoms with van der Waals surface area (Å²) in [6.07, 6.45) is 5.29. The molecular formula is C11H15ClN4O. The molecule has 0 radical (unpaired) electrons. The molecule has 0 aliphatic carbocycles. The molecule has 6 heteroatoms. The Balaban J connectivity index is 1.99. The first-order valence-electron chi connectivity index (χ1n) is 5.64.